The summed E-state index contributed by atoms with van der Waals surface area (Å²) in [5.41, 5.74) is 1.15. The van der Waals surface area contributed by atoms with E-state index in [4.69, 9.17) is 9.47 Å². The van der Waals surface area contributed by atoms with Crippen LogP contribution in [0.1, 0.15) is 35.1 Å². The fraction of sp³-hybridized carbons (Fsp3) is 0.296. The molecule has 4 unspecified atom stereocenters. The van der Waals surface area contributed by atoms with E-state index in [1.165, 1.54) is 0 Å². The molecule has 0 radical (unpaired) electrons. The third-order valence-corrected chi connectivity index (χ3v) is 6.97. The first-order valence-electron chi connectivity index (χ1n) is 10.7. The predicted molar refractivity (Wildman–Crippen MR) is 120 cm³/mol. The average molecular weight is 415 g/mol. The molecule has 2 heterocycles. The lowest BCUT2D eigenvalue weighted by Crippen LogP contribution is -2.65. The van der Waals surface area contributed by atoms with Gasteiger partial charge in [-0.15, -0.1) is 19.7 Å². The van der Waals surface area contributed by atoms with Crippen LogP contribution in [0.2, 0.25) is 0 Å². The summed E-state index contributed by atoms with van der Waals surface area (Å²) in [6.45, 7) is 11.6. The number of allylic oxidation sites excluding steroid dienone is 3. The van der Waals surface area contributed by atoms with Gasteiger partial charge in [0.25, 0.3) is 0 Å². The van der Waals surface area contributed by atoms with E-state index in [2.05, 4.69) is 25.8 Å². The van der Waals surface area contributed by atoms with Gasteiger partial charge in [0.05, 0.1) is 5.41 Å². The smallest absolute Gasteiger partial charge is 0.189 e. The number of fused-ring (bicyclic) bond motifs is 7. The zero-order valence-electron chi connectivity index (χ0n) is 17.5. The molecular formula is C27H26O4. The van der Waals surface area contributed by atoms with Crippen molar-refractivity contribution in [1.82, 2.24) is 0 Å². The normalized spacial score (nSPS) is 29.6. The summed E-state index contributed by atoms with van der Waals surface area (Å²) in [6.07, 6.45) is 6.30. The van der Waals surface area contributed by atoms with E-state index in [1.807, 2.05) is 42.5 Å². The minimum absolute atomic E-state index is 0.112. The van der Waals surface area contributed by atoms with Gasteiger partial charge in [0.2, 0.25) is 0 Å². The van der Waals surface area contributed by atoms with Gasteiger partial charge in [0.15, 0.2) is 17.5 Å². The number of ether oxygens (including phenoxy) is 2. The van der Waals surface area contributed by atoms with Gasteiger partial charge in [-0.2, -0.15) is 0 Å². The quantitative estimate of drug-likeness (QED) is 0.715. The maximum atomic E-state index is 13.4. The molecule has 2 aromatic rings. The molecule has 1 N–H and O–H groups in total. The lowest BCUT2D eigenvalue weighted by atomic mass is 9.58. The van der Waals surface area contributed by atoms with Crippen LogP contribution in [-0.4, -0.2) is 23.1 Å². The number of carbonyl (C=O) groups excluding carboxylic acids is 1. The number of Topliss-reactive ketones (excluding diaryl/α,β-unsaturated/α-hetero) is 1. The van der Waals surface area contributed by atoms with Crippen LogP contribution in [0.15, 0.2) is 74.4 Å². The van der Waals surface area contributed by atoms with Crippen LogP contribution in [0.3, 0.4) is 0 Å². The van der Waals surface area contributed by atoms with Gasteiger partial charge in [-0.05, 0) is 48.6 Å². The molecule has 4 nitrogen and oxygen atoms in total. The van der Waals surface area contributed by atoms with E-state index in [9.17, 15) is 9.90 Å². The van der Waals surface area contributed by atoms with E-state index in [0.29, 0.717) is 24.2 Å². The Bertz CT molecular complexity index is 1120. The molecule has 1 aliphatic carbocycles. The van der Waals surface area contributed by atoms with Gasteiger partial charge in [-0.3, -0.25) is 4.79 Å². The summed E-state index contributed by atoms with van der Waals surface area (Å²) in [5, 5.41) is 12.0. The van der Waals surface area contributed by atoms with Crippen LogP contribution in [-0.2, 0) is 28.7 Å². The Labute approximate surface area is 182 Å². The molecular weight excluding hydrogens is 388 g/mol. The first-order chi connectivity index (χ1) is 15.0. The summed E-state index contributed by atoms with van der Waals surface area (Å²) in [7, 11) is 0. The number of rotatable bonds is 6. The molecule has 158 valence electrons. The topological polar surface area (TPSA) is 55.8 Å². The van der Waals surface area contributed by atoms with Crippen LogP contribution < -0.4 is 9.47 Å². The molecule has 0 spiro atoms. The molecule has 0 bridgehead atoms. The Morgan fingerprint density at radius 1 is 0.935 bits per heavy atom. The standard InChI is InChI=1S/C27H26O4/c1-4-7-17-9-11-21-19(14-17)26(13-6-3)24(30-21)16-23(28)27(29)20-15-18(8-5-2)10-12-22(20)31-25(26)27/h4-6,9-12,14-15,24-25,29H,1-3,7-8,13,16H2. The monoisotopic (exact) mass is 414 g/mol. The first-order valence-corrected chi connectivity index (χ1v) is 10.7. The van der Waals surface area contributed by atoms with E-state index in [-0.39, 0.29) is 12.2 Å². The minimum Gasteiger partial charge on any atom is -0.489 e. The van der Waals surface area contributed by atoms with E-state index < -0.39 is 23.2 Å². The van der Waals surface area contributed by atoms with E-state index in [1.54, 1.807) is 6.08 Å². The van der Waals surface area contributed by atoms with Crippen molar-refractivity contribution in [3.8, 4) is 11.5 Å². The second-order valence-electron chi connectivity index (χ2n) is 8.68. The van der Waals surface area contributed by atoms with Gasteiger partial charge in [-0.25, -0.2) is 0 Å². The molecule has 1 saturated carbocycles. The van der Waals surface area contributed by atoms with Gasteiger partial charge >= 0.3 is 0 Å². The SMILES string of the molecule is C=CCc1ccc2c(c1)C1(O)C(=O)CC3Oc4ccc(CC=C)cc4C3(CC=C)C1O2. The molecule has 3 aliphatic rings. The Kier molecular flexibility index (Phi) is 4.45. The van der Waals surface area contributed by atoms with Gasteiger partial charge in [0.1, 0.15) is 17.6 Å². The van der Waals surface area contributed by atoms with Crippen LogP contribution in [0, 0.1) is 0 Å². The Balaban J connectivity index is 1.71. The van der Waals surface area contributed by atoms with Gasteiger partial charge in [-0.1, -0.05) is 36.4 Å². The molecule has 31 heavy (non-hydrogen) atoms. The zero-order chi connectivity index (χ0) is 21.8. The molecule has 4 atom stereocenters. The average Bonchev–Trinajstić information content (AvgIpc) is 3.23. The van der Waals surface area contributed by atoms with Crippen LogP contribution >= 0.6 is 0 Å². The minimum atomic E-state index is -1.73. The van der Waals surface area contributed by atoms with Crippen molar-refractivity contribution in [3.05, 3.63) is 96.6 Å². The highest BCUT2D eigenvalue weighted by Crippen LogP contribution is 2.60. The number of benzene rings is 2. The number of aliphatic hydroxyl groups is 1. The number of carbonyl (C=O) groups is 1. The Hall–Kier alpha value is -3.11. The van der Waals surface area contributed by atoms with Crippen molar-refractivity contribution in [2.24, 2.45) is 0 Å². The van der Waals surface area contributed by atoms with Crippen molar-refractivity contribution < 1.29 is 19.4 Å². The number of hydrogen-bond donors (Lipinski definition) is 1. The summed E-state index contributed by atoms with van der Waals surface area (Å²) in [6, 6.07) is 11.7. The lowest BCUT2D eigenvalue weighted by Gasteiger charge is -2.47. The summed E-state index contributed by atoms with van der Waals surface area (Å²) in [4.78, 5) is 13.4. The predicted octanol–water partition coefficient (Wildman–Crippen LogP) is 4.34. The molecule has 0 saturated heterocycles. The summed E-state index contributed by atoms with van der Waals surface area (Å²) >= 11 is 0. The molecule has 4 heteroatoms. The third-order valence-electron chi connectivity index (χ3n) is 6.97. The van der Waals surface area contributed by atoms with Crippen molar-refractivity contribution in [1.29, 1.82) is 0 Å². The highest BCUT2D eigenvalue weighted by Gasteiger charge is 2.70. The maximum absolute atomic E-state index is 13.4. The van der Waals surface area contributed by atoms with Crippen molar-refractivity contribution in [2.45, 2.75) is 48.9 Å². The third kappa shape index (κ3) is 2.55. The highest BCUT2D eigenvalue weighted by atomic mass is 16.5. The molecule has 2 aromatic carbocycles. The highest BCUT2D eigenvalue weighted by molar-refractivity contribution is 5.93. The van der Waals surface area contributed by atoms with Crippen LogP contribution in [0.5, 0.6) is 11.5 Å². The summed E-state index contributed by atoms with van der Waals surface area (Å²) in [5.74, 6) is 1.02. The maximum Gasteiger partial charge on any atom is 0.189 e. The molecule has 0 aromatic heterocycles. The van der Waals surface area contributed by atoms with E-state index in [0.717, 1.165) is 28.9 Å². The first kappa shape index (κ1) is 19.8. The van der Waals surface area contributed by atoms with Crippen molar-refractivity contribution >= 4 is 5.78 Å². The van der Waals surface area contributed by atoms with Crippen LogP contribution in [0.25, 0.3) is 0 Å². The zero-order valence-corrected chi connectivity index (χ0v) is 17.5. The second-order valence-corrected chi connectivity index (χ2v) is 8.68. The largest absolute Gasteiger partial charge is 0.489 e. The molecule has 5 rings (SSSR count). The van der Waals surface area contributed by atoms with E-state index >= 15 is 0 Å². The fourth-order valence-corrected chi connectivity index (χ4v) is 5.61. The van der Waals surface area contributed by atoms with Crippen LogP contribution in [0.4, 0.5) is 0 Å². The Morgan fingerprint density at radius 3 is 2.16 bits per heavy atom. The lowest BCUT2D eigenvalue weighted by molar-refractivity contribution is -0.167. The fourth-order valence-electron chi connectivity index (χ4n) is 5.61. The molecule has 1 fully saturated rings. The molecule has 0 amide bonds. The summed E-state index contributed by atoms with van der Waals surface area (Å²) < 4.78 is 12.7. The van der Waals surface area contributed by atoms with Crippen molar-refractivity contribution in [2.75, 3.05) is 0 Å². The van der Waals surface area contributed by atoms with Gasteiger partial charge < -0.3 is 14.6 Å². The van der Waals surface area contributed by atoms with Crippen molar-refractivity contribution in [3.63, 3.8) is 0 Å². The van der Waals surface area contributed by atoms with Gasteiger partial charge in [0, 0.05) is 17.5 Å². The number of ketones is 1. The second kappa shape index (κ2) is 6.96. The Morgan fingerprint density at radius 2 is 1.55 bits per heavy atom. The number of hydrogen-bond acceptors (Lipinski definition) is 4. The molecule has 2 aliphatic heterocycles.